The summed E-state index contributed by atoms with van der Waals surface area (Å²) in [6, 6.07) is 5.67. The standard InChI is InChI=1S/C19H23NO5/c1-22-15-4-5-16-14(12-25-17(16)10-15)9-18(21)20-6-2-3-13(11-20)19-23-7-8-24-19/h4-5,10,12-13,19H,2-3,6-9,11H2,1H3. The molecule has 2 aromatic rings. The van der Waals surface area contributed by atoms with E-state index in [0.717, 1.165) is 41.7 Å². The average molecular weight is 345 g/mol. The maximum atomic E-state index is 12.8. The number of piperidine rings is 1. The first-order chi connectivity index (χ1) is 12.2. The Bertz CT molecular complexity index is 749. The van der Waals surface area contributed by atoms with E-state index in [1.165, 1.54) is 0 Å². The molecule has 6 heteroatoms. The highest BCUT2D eigenvalue weighted by atomic mass is 16.7. The van der Waals surface area contributed by atoms with Crippen molar-refractivity contribution in [2.45, 2.75) is 25.6 Å². The molecule has 1 aromatic heterocycles. The quantitative estimate of drug-likeness (QED) is 0.852. The molecule has 2 aliphatic rings. The Morgan fingerprint density at radius 1 is 1.32 bits per heavy atom. The summed E-state index contributed by atoms with van der Waals surface area (Å²) in [7, 11) is 1.62. The van der Waals surface area contributed by atoms with E-state index < -0.39 is 0 Å². The van der Waals surface area contributed by atoms with E-state index in [4.69, 9.17) is 18.6 Å². The van der Waals surface area contributed by atoms with Gasteiger partial charge in [-0.05, 0) is 25.0 Å². The summed E-state index contributed by atoms with van der Waals surface area (Å²) in [6.07, 6.45) is 3.90. The summed E-state index contributed by atoms with van der Waals surface area (Å²) in [5.41, 5.74) is 1.66. The van der Waals surface area contributed by atoms with E-state index in [9.17, 15) is 4.79 Å². The number of fused-ring (bicyclic) bond motifs is 1. The number of furan rings is 1. The van der Waals surface area contributed by atoms with Crippen LogP contribution in [0.3, 0.4) is 0 Å². The molecule has 0 aliphatic carbocycles. The molecule has 1 aromatic carbocycles. The Hall–Kier alpha value is -2.05. The fourth-order valence-electron chi connectivity index (χ4n) is 3.71. The van der Waals surface area contributed by atoms with Crippen molar-refractivity contribution in [3.63, 3.8) is 0 Å². The number of benzene rings is 1. The Morgan fingerprint density at radius 2 is 2.16 bits per heavy atom. The maximum absolute atomic E-state index is 12.8. The minimum Gasteiger partial charge on any atom is -0.497 e. The molecule has 0 radical (unpaired) electrons. The molecule has 0 saturated carbocycles. The normalized spacial score (nSPS) is 21.8. The largest absolute Gasteiger partial charge is 0.497 e. The monoisotopic (exact) mass is 345 g/mol. The Kier molecular flexibility index (Phi) is 4.63. The molecule has 2 aliphatic heterocycles. The van der Waals surface area contributed by atoms with Gasteiger partial charge in [-0.3, -0.25) is 4.79 Å². The zero-order valence-corrected chi connectivity index (χ0v) is 14.4. The lowest BCUT2D eigenvalue weighted by atomic mass is 9.96. The van der Waals surface area contributed by atoms with Gasteiger partial charge in [-0.25, -0.2) is 0 Å². The lowest BCUT2D eigenvalue weighted by Crippen LogP contribution is -2.44. The highest BCUT2D eigenvalue weighted by molar-refractivity contribution is 5.88. The molecule has 2 fully saturated rings. The second-order valence-corrected chi connectivity index (χ2v) is 6.65. The Labute approximate surface area is 146 Å². The number of carbonyl (C=O) groups excluding carboxylic acids is 1. The molecule has 1 atom stereocenters. The highest BCUT2D eigenvalue weighted by Crippen LogP contribution is 2.28. The molecule has 1 unspecified atom stereocenters. The van der Waals surface area contributed by atoms with Crippen LogP contribution in [0.15, 0.2) is 28.9 Å². The molecule has 1 amide bonds. The molecular weight excluding hydrogens is 322 g/mol. The summed E-state index contributed by atoms with van der Waals surface area (Å²) in [4.78, 5) is 14.7. The molecule has 0 bridgehead atoms. The van der Waals surface area contributed by atoms with Gasteiger partial charge in [-0.1, -0.05) is 0 Å². The van der Waals surface area contributed by atoms with Crippen molar-refractivity contribution < 1.29 is 23.4 Å². The molecular formula is C19H23NO5. The number of amides is 1. The smallest absolute Gasteiger partial charge is 0.227 e. The predicted molar refractivity (Wildman–Crippen MR) is 91.5 cm³/mol. The van der Waals surface area contributed by atoms with Crippen LogP contribution >= 0.6 is 0 Å². The zero-order valence-electron chi connectivity index (χ0n) is 14.4. The summed E-state index contributed by atoms with van der Waals surface area (Å²) < 4.78 is 22.0. The molecule has 2 saturated heterocycles. The maximum Gasteiger partial charge on any atom is 0.227 e. The fraction of sp³-hybridized carbons (Fsp3) is 0.526. The summed E-state index contributed by atoms with van der Waals surface area (Å²) in [5.74, 6) is 1.14. The van der Waals surface area contributed by atoms with Gasteiger partial charge in [0.2, 0.25) is 5.91 Å². The van der Waals surface area contributed by atoms with Gasteiger partial charge in [0.25, 0.3) is 0 Å². The number of carbonyl (C=O) groups is 1. The number of nitrogens with zero attached hydrogens (tertiary/aromatic N) is 1. The number of methoxy groups -OCH3 is 1. The van der Waals surface area contributed by atoms with Gasteiger partial charge in [-0.2, -0.15) is 0 Å². The van der Waals surface area contributed by atoms with E-state index in [-0.39, 0.29) is 18.1 Å². The molecule has 0 N–H and O–H groups in total. The van der Waals surface area contributed by atoms with Gasteiger partial charge < -0.3 is 23.5 Å². The van der Waals surface area contributed by atoms with Gasteiger partial charge in [0.15, 0.2) is 6.29 Å². The number of rotatable bonds is 4. The van der Waals surface area contributed by atoms with Crippen LogP contribution in [0.4, 0.5) is 0 Å². The fourth-order valence-corrected chi connectivity index (χ4v) is 3.71. The van der Waals surface area contributed by atoms with Crippen LogP contribution in [0, 0.1) is 5.92 Å². The van der Waals surface area contributed by atoms with Crippen LogP contribution in [-0.2, 0) is 20.7 Å². The van der Waals surface area contributed by atoms with Crippen molar-refractivity contribution in [1.29, 1.82) is 0 Å². The van der Waals surface area contributed by atoms with Gasteiger partial charge in [0, 0.05) is 36.0 Å². The van der Waals surface area contributed by atoms with E-state index >= 15 is 0 Å². The lowest BCUT2D eigenvalue weighted by Gasteiger charge is -2.34. The number of hydrogen-bond donors (Lipinski definition) is 0. The van der Waals surface area contributed by atoms with E-state index in [1.807, 2.05) is 23.1 Å². The Balaban J connectivity index is 1.44. The third kappa shape index (κ3) is 3.37. The van der Waals surface area contributed by atoms with Crippen LogP contribution in [0.25, 0.3) is 11.0 Å². The van der Waals surface area contributed by atoms with Gasteiger partial charge in [0.1, 0.15) is 11.3 Å². The van der Waals surface area contributed by atoms with Gasteiger partial charge in [0.05, 0.1) is 33.0 Å². The van der Waals surface area contributed by atoms with Crippen molar-refractivity contribution in [2.24, 2.45) is 5.92 Å². The van der Waals surface area contributed by atoms with Crippen LogP contribution < -0.4 is 4.74 Å². The van der Waals surface area contributed by atoms with Gasteiger partial charge in [-0.15, -0.1) is 0 Å². The van der Waals surface area contributed by atoms with E-state index in [2.05, 4.69) is 0 Å². The van der Waals surface area contributed by atoms with Crippen LogP contribution in [0.5, 0.6) is 5.75 Å². The van der Waals surface area contributed by atoms with Crippen molar-refractivity contribution in [3.8, 4) is 5.75 Å². The number of hydrogen-bond acceptors (Lipinski definition) is 5. The molecule has 134 valence electrons. The lowest BCUT2D eigenvalue weighted by molar-refractivity contribution is -0.138. The minimum absolute atomic E-state index is 0.126. The third-order valence-electron chi connectivity index (χ3n) is 5.05. The zero-order chi connectivity index (χ0) is 17.2. The first-order valence-electron chi connectivity index (χ1n) is 8.79. The molecule has 25 heavy (non-hydrogen) atoms. The first-order valence-corrected chi connectivity index (χ1v) is 8.79. The minimum atomic E-state index is -0.155. The van der Waals surface area contributed by atoms with E-state index in [0.29, 0.717) is 26.2 Å². The van der Waals surface area contributed by atoms with Crippen molar-refractivity contribution in [3.05, 3.63) is 30.0 Å². The summed E-state index contributed by atoms with van der Waals surface area (Å²) in [6.45, 7) is 2.80. The van der Waals surface area contributed by atoms with Crippen LogP contribution in [0.2, 0.25) is 0 Å². The third-order valence-corrected chi connectivity index (χ3v) is 5.05. The second kappa shape index (κ2) is 7.06. The molecule has 4 rings (SSSR count). The Morgan fingerprint density at radius 3 is 2.96 bits per heavy atom. The molecule has 6 nitrogen and oxygen atoms in total. The average Bonchev–Trinajstić information content (AvgIpc) is 3.32. The van der Waals surface area contributed by atoms with Crippen LogP contribution in [0.1, 0.15) is 18.4 Å². The van der Waals surface area contributed by atoms with Crippen molar-refractivity contribution in [2.75, 3.05) is 33.4 Å². The van der Waals surface area contributed by atoms with Crippen molar-refractivity contribution in [1.82, 2.24) is 4.90 Å². The van der Waals surface area contributed by atoms with Gasteiger partial charge >= 0.3 is 0 Å². The molecule has 3 heterocycles. The summed E-state index contributed by atoms with van der Waals surface area (Å²) in [5, 5.41) is 0.963. The second-order valence-electron chi connectivity index (χ2n) is 6.65. The molecule has 0 spiro atoms. The van der Waals surface area contributed by atoms with Crippen molar-refractivity contribution >= 4 is 16.9 Å². The first kappa shape index (κ1) is 16.4. The SMILES string of the molecule is COc1ccc2c(CC(=O)N3CCCC(C4OCCO4)C3)coc2c1. The highest BCUT2D eigenvalue weighted by Gasteiger charge is 2.32. The number of ether oxygens (including phenoxy) is 3. The number of likely N-dealkylation sites (tertiary alicyclic amines) is 1. The van der Waals surface area contributed by atoms with E-state index in [1.54, 1.807) is 13.4 Å². The topological polar surface area (TPSA) is 61.1 Å². The predicted octanol–water partition coefficient (Wildman–Crippen LogP) is 2.60. The summed E-state index contributed by atoms with van der Waals surface area (Å²) >= 11 is 0. The van der Waals surface area contributed by atoms with Crippen LogP contribution in [-0.4, -0.2) is 50.5 Å².